The molecule has 0 saturated carbocycles. The van der Waals surface area contributed by atoms with Gasteiger partial charge in [0.1, 0.15) is 5.75 Å². The van der Waals surface area contributed by atoms with Gasteiger partial charge in [0.2, 0.25) is 5.91 Å². The molecule has 2 fully saturated rings. The number of benzene rings is 2. The fraction of sp³-hybridized carbons (Fsp3) is 0.481. The minimum absolute atomic E-state index is 0.0614. The van der Waals surface area contributed by atoms with Crippen molar-refractivity contribution in [3.05, 3.63) is 64.2 Å². The fourth-order valence-electron chi connectivity index (χ4n) is 6.03. The summed E-state index contributed by atoms with van der Waals surface area (Å²) in [5, 5.41) is 6.79. The summed E-state index contributed by atoms with van der Waals surface area (Å²) in [5.41, 5.74) is 4.70. The van der Waals surface area contributed by atoms with Crippen LogP contribution in [0.15, 0.2) is 36.4 Å². The van der Waals surface area contributed by atoms with Crippen LogP contribution >= 0.6 is 0 Å². The lowest BCUT2D eigenvalue weighted by molar-refractivity contribution is -0.145. The van der Waals surface area contributed by atoms with Crippen LogP contribution in [0.5, 0.6) is 5.75 Å². The Morgan fingerprint density at radius 1 is 1.27 bits per heavy atom. The van der Waals surface area contributed by atoms with Crippen molar-refractivity contribution in [3.63, 3.8) is 0 Å². The number of carbonyl (C=O) groups excluding carboxylic acids is 2. The van der Waals surface area contributed by atoms with E-state index in [1.165, 1.54) is 0 Å². The molecule has 0 bridgehead atoms. The van der Waals surface area contributed by atoms with Crippen molar-refractivity contribution in [1.82, 2.24) is 15.5 Å². The van der Waals surface area contributed by atoms with E-state index in [-0.39, 0.29) is 35.9 Å². The summed E-state index contributed by atoms with van der Waals surface area (Å²) in [5.74, 6) is 0.931. The number of hydrogen-bond donors (Lipinski definition) is 2. The van der Waals surface area contributed by atoms with Crippen molar-refractivity contribution in [2.75, 3.05) is 20.2 Å². The highest BCUT2D eigenvalue weighted by molar-refractivity contribution is 5.99. The van der Waals surface area contributed by atoms with Gasteiger partial charge in [-0.3, -0.25) is 9.59 Å². The van der Waals surface area contributed by atoms with E-state index in [1.54, 1.807) is 7.11 Å². The van der Waals surface area contributed by atoms with E-state index in [2.05, 4.69) is 16.7 Å². The van der Waals surface area contributed by atoms with Gasteiger partial charge < -0.3 is 20.3 Å². The van der Waals surface area contributed by atoms with Crippen molar-refractivity contribution in [2.45, 2.75) is 57.7 Å². The number of nitrogens with one attached hydrogen (secondary N) is 2. The zero-order valence-electron chi connectivity index (χ0n) is 19.7. The predicted molar refractivity (Wildman–Crippen MR) is 127 cm³/mol. The average Bonchev–Trinajstić information content (AvgIpc) is 2.84. The zero-order chi connectivity index (χ0) is 23.1. The first-order chi connectivity index (χ1) is 16.0. The summed E-state index contributed by atoms with van der Waals surface area (Å²) in [6.07, 6.45) is 3.59. The Kier molecular flexibility index (Phi) is 5.87. The van der Waals surface area contributed by atoms with Crippen LogP contribution in [0.25, 0.3) is 0 Å². The number of hydrogen-bond acceptors (Lipinski definition) is 4. The second kappa shape index (κ2) is 8.82. The van der Waals surface area contributed by atoms with E-state index < -0.39 is 0 Å². The minimum atomic E-state index is -0.128. The molecule has 3 aliphatic rings. The smallest absolute Gasteiger partial charge is 0.252 e. The van der Waals surface area contributed by atoms with Gasteiger partial charge in [-0.25, -0.2) is 0 Å². The highest BCUT2D eigenvalue weighted by Gasteiger charge is 2.46. The van der Waals surface area contributed by atoms with Gasteiger partial charge >= 0.3 is 0 Å². The zero-order valence-corrected chi connectivity index (χ0v) is 19.7. The van der Waals surface area contributed by atoms with Crippen molar-refractivity contribution in [1.29, 1.82) is 0 Å². The maximum Gasteiger partial charge on any atom is 0.252 e. The Morgan fingerprint density at radius 2 is 2.06 bits per heavy atom. The van der Waals surface area contributed by atoms with E-state index in [0.717, 1.165) is 60.2 Å². The summed E-state index contributed by atoms with van der Waals surface area (Å²) in [6.45, 7) is 5.61. The molecule has 174 valence electrons. The molecule has 2 saturated heterocycles. The first kappa shape index (κ1) is 22.0. The van der Waals surface area contributed by atoms with Gasteiger partial charge in [0, 0.05) is 18.2 Å². The second-order valence-corrected chi connectivity index (χ2v) is 9.60. The first-order valence-corrected chi connectivity index (χ1v) is 12.1. The van der Waals surface area contributed by atoms with Crippen LogP contribution in [0.3, 0.4) is 0 Å². The molecule has 2 aromatic carbocycles. The topological polar surface area (TPSA) is 70.7 Å². The lowest BCUT2D eigenvalue weighted by atomic mass is 9.75. The van der Waals surface area contributed by atoms with E-state index >= 15 is 0 Å². The molecule has 33 heavy (non-hydrogen) atoms. The van der Waals surface area contributed by atoms with Crippen molar-refractivity contribution >= 4 is 11.8 Å². The van der Waals surface area contributed by atoms with Crippen LogP contribution in [0.2, 0.25) is 0 Å². The molecule has 0 aliphatic carbocycles. The Labute approximate surface area is 195 Å². The lowest BCUT2D eigenvalue weighted by Crippen LogP contribution is -2.58. The molecule has 4 atom stereocenters. The Bertz CT molecular complexity index is 1070. The van der Waals surface area contributed by atoms with Crippen LogP contribution < -0.4 is 15.4 Å². The number of fused-ring (bicyclic) bond motifs is 4. The molecule has 2 N–H and O–H groups in total. The molecule has 2 aromatic rings. The molecule has 0 radical (unpaired) electrons. The molecular formula is C27H33N3O3. The Hall–Kier alpha value is -2.86. The number of nitrogens with zero attached hydrogens (tertiary/aromatic N) is 1. The molecule has 0 unspecified atom stereocenters. The third-order valence-electron chi connectivity index (χ3n) is 7.75. The maximum atomic E-state index is 13.7. The third kappa shape index (κ3) is 3.80. The van der Waals surface area contributed by atoms with Crippen LogP contribution in [0, 0.1) is 12.8 Å². The molecule has 2 amide bonds. The molecule has 5 rings (SSSR count). The third-order valence-corrected chi connectivity index (χ3v) is 7.75. The monoisotopic (exact) mass is 447 g/mol. The van der Waals surface area contributed by atoms with Crippen molar-refractivity contribution < 1.29 is 14.3 Å². The Morgan fingerprint density at radius 3 is 2.82 bits per heavy atom. The van der Waals surface area contributed by atoms with E-state index in [4.69, 9.17) is 4.74 Å². The highest BCUT2D eigenvalue weighted by Crippen LogP contribution is 2.45. The second-order valence-electron chi connectivity index (χ2n) is 9.60. The summed E-state index contributed by atoms with van der Waals surface area (Å²) >= 11 is 0. The van der Waals surface area contributed by atoms with Crippen LogP contribution in [0.1, 0.15) is 70.9 Å². The molecular weight excluding hydrogens is 414 g/mol. The molecule has 3 heterocycles. The number of rotatable bonds is 4. The van der Waals surface area contributed by atoms with Crippen molar-refractivity contribution in [3.8, 4) is 5.75 Å². The first-order valence-electron chi connectivity index (χ1n) is 12.1. The van der Waals surface area contributed by atoms with E-state index in [1.807, 2.05) is 49.1 Å². The van der Waals surface area contributed by atoms with E-state index in [0.29, 0.717) is 12.1 Å². The SMILES string of the molecule is COc1cc2c(c(C(=O)N[C@H](C)c3ccccc3)c1C)[C@@H]1C[C@@H]3NCCC[C@@H]3C(=O)N1CC2. The summed E-state index contributed by atoms with van der Waals surface area (Å²) in [6, 6.07) is 12.0. The molecule has 0 aromatic heterocycles. The average molecular weight is 448 g/mol. The van der Waals surface area contributed by atoms with Gasteiger partial charge in [0.05, 0.1) is 30.7 Å². The quantitative estimate of drug-likeness (QED) is 0.750. The van der Waals surface area contributed by atoms with Gasteiger partial charge in [-0.15, -0.1) is 0 Å². The fourth-order valence-corrected chi connectivity index (χ4v) is 6.03. The molecule has 6 heteroatoms. The lowest BCUT2D eigenvalue weighted by Gasteiger charge is -2.49. The van der Waals surface area contributed by atoms with Gasteiger partial charge in [-0.05, 0) is 68.8 Å². The van der Waals surface area contributed by atoms with Crippen LogP contribution in [-0.4, -0.2) is 43.0 Å². The summed E-state index contributed by atoms with van der Waals surface area (Å²) < 4.78 is 5.66. The standard InChI is InChI=1S/C27H33N3O3/c1-16-23(33-3)14-19-11-13-30-22(15-21-20(27(30)32)10-7-12-28-21)25(19)24(16)26(31)29-17(2)18-8-5-4-6-9-18/h4-6,8-9,14,17,20-22,28H,7,10-13,15H2,1-3H3,(H,29,31)/t17-,20+,21+,22+/m1/s1. The van der Waals surface area contributed by atoms with Crippen LogP contribution in [0.4, 0.5) is 0 Å². The number of ether oxygens (including phenoxy) is 1. The Balaban J connectivity index is 1.55. The van der Waals surface area contributed by atoms with Crippen LogP contribution in [-0.2, 0) is 11.2 Å². The number of methoxy groups -OCH3 is 1. The van der Waals surface area contributed by atoms with E-state index in [9.17, 15) is 9.59 Å². The normalized spacial score (nSPS) is 24.9. The summed E-state index contributed by atoms with van der Waals surface area (Å²) in [4.78, 5) is 29.2. The summed E-state index contributed by atoms with van der Waals surface area (Å²) in [7, 11) is 1.65. The number of amides is 2. The van der Waals surface area contributed by atoms with Gasteiger partial charge in [0.15, 0.2) is 0 Å². The van der Waals surface area contributed by atoms with Gasteiger partial charge in [-0.1, -0.05) is 30.3 Å². The maximum absolute atomic E-state index is 13.7. The number of piperidine rings is 2. The van der Waals surface area contributed by atoms with Gasteiger partial charge in [0.25, 0.3) is 5.91 Å². The molecule has 3 aliphatic heterocycles. The minimum Gasteiger partial charge on any atom is -0.496 e. The van der Waals surface area contributed by atoms with Crippen molar-refractivity contribution in [2.24, 2.45) is 5.92 Å². The highest BCUT2D eigenvalue weighted by atomic mass is 16.5. The number of carbonyl (C=O) groups is 2. The molecule has 6 nitrogen and oxygen atoms in total. The largest absolute Gasteiger partial charge is 0.496 e. The predicted octanol–water partition coefficient (Wildman–Crippen LogP) is 3.69. The molecule has 0 spiro atoms. The van der Waals surface area contributed by atoms with Gasteiger partial charge in [-0.2, -0.15) is 0 Å².